The second-order valence-corrected chi connectivity index (χ2v) is 7.41. The lowest BCUT2D eigenvalue weighted by Crippen LogP contribution is -2.13. The first-order valence-corrected chi connectivity index (χ1v) is 10.1. The van der Waals surface area contributed by atoms with Gasteiger partial charge in [-0.2, -0.15) is 0 Å². The Morgan fingerprint density at radius 3 is 2.52 bits per heavy atom. The lowest BCUT2D eigenvalue weighted by atomic mass is 9.90. The van der Waals surface area contributed by atoms with Crippen LogP contribution in [0.15, 0.2) is 57.7 Å². The molecule has 8 nitrogen and oxygen atoms in total. The molecule has 2 aromatic carbocycles. The van der Waals surface area contributed by atoms with Crippen molar-refractivity contribution in [2.24, 2.45) is 0 Å². The SMILES string of the molecule is COc1ccc(-c2nonc2NC(=O)c2cc(-c3ccc4c(c3)CCCC4)on2)cc1. The van der Waals surface area contributed by atoms with E-state index < -0.39 is 5.91 Å². The Morgan fingerprint density at radius 2 is 1.71 bits per heavy atom. The lowest BCUT2D eigenvalue weighted by Gasteiger charge is -2.15. The fourth-order valence-corrected chi connectivity index (χ4v) is 3.79. The molecular weight excluding hydrogens is 396 g/mol. The van der Waals surface area contributed by atoms with Gasteiger partial charge >= 0.3 is 0 Å². The van der Waals surface area contributed by atoms with Gasteiger partial charge in [-0.25, -0.2) is 4.63 Å². The van der Waals surface area contributed by atoms with Crippen LogP contribution < -0.4 is 10.1 Å². The predicted molar refractivity (Wildman–Crippen MR) is 113 cm³/mol. The zero-order valence-electron chi connectivity index (χ0n) is 16.9. The summed E-state index contributed by atoms with van der Waals surface area (Å²) in [6.45, 7) is 0. The standard InChI is InChI=1S/C23H20N4O4/c1-29-18-10-8-15(9-11-18)21-22(27-31-26-21)24-23(28)19-13-20(30-25-19)17-7-6-14-4-2-3-5-16(14)12-17/h6-13H,2-5H2,1H3,(H,24,27,28). The average molecular weight is 416 g/mol. The molecule has 0 atom stereocenters. The maximum absolute atomic E-state index is 12.7. The molecule has 0 unspecified atom stereocenters. The summed E-state index contributed by atoms with van der Waals surface area (Å²) >= 11 is 0. The number of amides is 1. The van der Waals surface area contributed by atoms with Gasteiger partial charge in [0, 0.05) is 17.2 Å². The summed E-state index contributed by atoms with van der Waals surface area (Å²) in [7, 11) is 1.59. The van der Waals surface area contributed by atoms with E-state index in [1.165, 1.54) is 24.0 Å². The first-order valence-electron chi connectivity index (χ1n) is 10.1. The van der Waals surface area contributed by atoms with Gasteiger partial charge in [-0.15, -0.1) is 0 Å². The second-order valence-electron chi connectivity index (χ2n) is 7.41. The van der Waals surface area contributed by atoms with Crippen molar-refractivity contribution in [1.82, 2.24) is 15.5 Å². The van der Waals surface area contributed by atoms with Gasteiger partial charge in [0.1, 0.15) is 5.75 Å². The molecule has 0 aliphatic heterocycles. The van der Waals surface area contributed by atoms with Crippen LogP contribution in [0.3, 0.4) is 0 Å². The number of rotatable bonds is 5. The van der Waals surface area contributed by atoms with Crippen LogP contribution in [-0.4, -0.2) is 28.5 Å². The number of nitrogens with one attached hydrogen (secondary N) is 1. The molecule has 0 saturated carbocycles. The molecule has 31 heavy (non-hydrogen) atoms. The Balaban J connectivity index is 1.34. The number of aryl methyl sites for hydroxylation is 2. The molecular formula is C23H20N4O4. The Bertz CT molecular complexity index is 1230. The van der Waals surface area contributed by atoms with E-state index in [-0.39, 0.29) is 11.5 Å². The highest BCUT2D eigenvalue weighted by molar-refractivity contribution is 6.04. The van der Waals surface area contributed by atoms with Crippen molar-refractivity contribution >= 4 is 11.7 Å². The minimum absolute atomic E-state index is 0.149. The van der Waals surface area contributed by atoms with E-state index in [4.69, 9.17) is 13.9 Å². The average Bonchev–Trinajstić information content (AvgIpc) is 3.49. The van der Waals surface area contributed by atoms with E-state index in [1.807, 2.05) is 6.07 Å². The molecule has 1 N–H and O–H groups in total. The van der Waals surface area contributed by atoms with Crippen molar-refractivity contribution in [3.05, 3.63) is 65.4 Å². The smallest absolute Gasteiger partial charge is 0.279 e. The first kappa shape index (κ1) is 19.0. The van der Waals surface area contributed by atoms with E-state index in [2.05, 4.69) is 32.9 Å². The number of nitrogens with zero attached hydrogens (tertiary/aromatic N) is 3. The van der Waals surface area contributed by atoms with E-state index in [9.17, 15) is 4.79 Å². The molecule has 0 spiro atoms. The summed E-state index contributed by atoms with van der Waals surface area (Å²) in [5.41, 5.74) is 4.92. The highest BCUT2D eigenvalue weighted by atomic mass is 16.6. The molecule has 0 fully saturated rings. The number of hydrogen-bond donors (Lipinski definition) is 1. The number of hydrogen-bond acceptors (Lipinski definition) is 7. The molecule has 156 valence electrons. The number of anilines is 1. The molecule has 2 heterocycles. The van der Waals surface area contributed by atoms with Gasteiger partial charge in [0.25, 0.3) is 5.91 Å². The lowest BCUT2D eigenvalue weighted by molar-refractivity contribution is 0.101. The normalized spacial score (nSPS) is 12.9. The summed E-state index contributed by atoms with van der Waals surface area (Å²) in [6, 6.07) is 15.1. The van der Waals surface area contributed by atoms with Gasteiger partial charge in [0.15, 0.2) is 17.1 Å². The van der Waals surface area contributed by atoms with Crippen molar-refractivity contribution in [2.45, 2.75) is 25.7 Å². The van der Waals surface area contributed by atoms with Gasteiger partial charge in [0.2, 0.25) is 5.82 Å². The summed E-state index contributed by atoms with van der Waals surface area (Å²) in [5.74, 6) is 1.00. The number of carbonyl (C=O) groups excluding carboxylic acids is 1. The van der Waals surface area contributed by atoms with Crippen LogP contribution in [-0.2, 0) is 12.8 Å². The van der Waals surface area contributed by atoms with Crippen LogP contribution in [0.4, 0.5) is 5.82 Å². The summed E-state index contributed by atoms with van der Waals surface area (Å²) in [4.78, 5) is 12.7. The Kier molecular flexibility index (Phi) is 4.95. The Morgan fingerprint density at radius 1 is 0.935 bits per heavy atom. The molecule has 1 amide bonds. The predicted octanol–water partition coefficient (Wildman–Crippen LogP) is 4.53. The number of ether oxygens (including phenoxy) is 1. The van der Waals surface area contributed by atoms with Gasteiger partial charge in [-0.1, -0.05) is 17.3 Å². The number of fused-ring (bicyclic) bond motifs is 1. The summed E-state index contributed by atoms with van der Waals surface area (Å²) in [5, 5.41) is 14.3. The van der Waals surface area contributed by atoms with E-state index in [0.717, 1.165) is 24.0 Å². The van der Waals surface area contributed by atoms with Crippen LogP contribution >= 0.6 is 0 Å². The fraction of sp³-hybridized carbons (Fsp3) is 0.217. The first-order chi connectivity index (χ1) is 15.2. The van der Waals surface area contributed by atoms with E-state index in [0.29, 0.717) is 17.2 Å². The van der Waals surface area contributed by atoms with Gasteiger partial charge in [-0.3, -0.25) is 4.79 Å². The van der Waals surface area contributed by atoms with E-state index in [1.54, 1.807) is 37.4 Å². The zero-order chi connectivity index (χ0) is 21.2. The van der Waals surface area contributed by atoms with Crippen LogP contribution in [0.25, 0.3) is 22.6 Å². The number of benzene rings is 2. The summed E-state index contributed by atoms with van der Waals surface area (Å²) < 4.78 is 15.4. The largest absolute Gasteiger partial charge is 0.497 e. The fourth-order valence-electron chi connectivity index (χ4n) is 3.79. The Hall–Kier alpha value is -3.94. The number of methoxy groups -OCH3 is 1. The van der Waals surface area contributed by atoms with Crippen LogP contribution in [0, 0.1) is 0 Å². The molecule has 1 aliphatic rings. The maximum atomic E-state index is 12.7. The third kappa shape index (κ3) is 3.79. The molecule has 0 bridgehead atoms. The minimum atomic E-state index is -0.460. The molecule has 2 aromatic heterocycles. The van der Waals surface area contributed by atoms with Gasteiger partial charge < -0.3 is 14.6 Å². The molecule has 8 heteroatoms. The maximum Gasteiger partial charge on any atom is 0.279 e. The van der Waals surface area contributed by atoms with Crippen molar-refractivity contribution < 1.29 is 18.7 Å². The number of aromatic nitrogens is 3. The van der Waals surface area contributed by atoms with Crippen molar-refractivity contribution in [2.75, 3.05) is 12.4 Å². The second kappa shape index (κ2) is 8.06. The van der Waals surface area contributed by atoms with Gasteiger partial charge in [-0.05, 0) is 77.5 Å². The molecule has 4 aromatic rings. The quantitative estimate of drug-likeness (QED) is 0.510. The zero-order valence-corrected chi connectivity index (χ0v) is 16.9. The Labute approximate surface area is 178 Å². The molecule has 0 saturated heterocycles. The summed E-state index contributed by atoms with van der Waals surface area (Å²) in [6.07, 6.45) is 4.61. The highest BCUT2D eigenvalue weighted by Crippen LogP contribution is 2.29. The van der Waals surface area contributed by atoms with E-state index >= 15 is 0 Å². The van der Waals surface area contributed by atoms with Crippen LogP contribution in [0.2, 0.25) is 0 Å². The number of carbonyl (C=O) groups is 1. The molecule has 0 radical (unpaired) electrons. The van der Waals surface area contributed by atoms with Crippen molar-refractivity contribution in [3.63, 3.8) is 0 Å². The molecule has 5 rings (SSSR count). The van der Waals surface area contributed by atoms with Crippen molar-refractivity contribution in [1.29, 1.82) is 0 Å². The van der Waals surface area contributed by atoms with Crippen LogP contribution in [0.1, 0.15) is 34.5 Å². The molecule has 1 aliphatic carbocycles. The topological polar surface area (TPSA) is 103 Å². The highest BCUT2D eigenvalue weighted by Gasteiger charge is 2.20. The minimum Gasteiger partial charge on any atom is -0.497 e. The van der Waals surface area contributed by atoms with Gasteiger partial charge in [0.05, 0.1) is 7.11 Å². The van der Waals surface area contributed by atoms with Crippen LogP contribution in [0.5, 0.6) is 5.75 Å². The third-order valence-corrected chi connectivity index (χ3v) is 5.46. The monoisotopic (exact) mass is 416 g/mol. The van der Waals surface area contributed by atoms with Crippen molar-refractivity contribution in [3.8, 4) is 28.3 Å². The third-order valence-electron chi connectivity index (χ3n) is 5.46.